The molecule has 2 heterocycles. The van der Waals surface area contributed by atoms with Crippen LogP contribution in [0.4, 0.5) is 23.0 Å². The molecule has 2 aromatic heterocycles. The van der Waals surface area contributed by atoms with Crippen molar-refractivity contribution in [3.05, 3.63) is 59.9 Å². The Balaban J connectivity index is -0.00000159. The number of amides is 1. The molecule has 0 bridgehead atoms. The molecule has 0 fully saturated rings. The minimum absolute atomic E-state index is 0.103. The molecule has 0 unspecified atom stereocenters. The second-order valence-corrected chi connectivity index (χ2v) is 9.65. The van der Waals surface area contributed by atoms with E-state index >= 15 is 0 Å². The van der Waals surface area contributed by atoms with Crippen molar-refractivity contribution in [3.63, 3.8) is 0 Å². The Morgan fingerprint density at radius 1 is 1.19 bits per heavy atom. The highest BCUT2D eigenvalue weighted by molar-refractivity contribution is 5.96. The summed E-state index contributed by atoms with van der Waals surface area (Å²) in [6.45, 7) is 6.03. The average molecular weight is 537 g/mol. The predicted octanol–water partition coefficient (Wildman–Crippen LogP) is 5.25. The van der Waals surface area contributed by atoms with Gasteiger partial charge in [-0.3, -0.25) is 4.79 Å². The van der Waals surface area contributed by atoms with Gasteiger partial charge in [-0.25, -0.2) is 9.97 Å². The number of nitrogen functional groups attached to an aromatic ring is 1. The van der Waals surface area contributed by atoms with Crippen LogP contribution in [0.25, 0.3) is 22.2 Å². The van der Waals surface area contributed by atoms with E-state index in [1.807, 2.05) is 54.2 Å². The van der Waals surface area contributed by atoms with Crippen LogP contribution in [0.1, 0.15) is 35.9 Å². The molecule has 37 heavy (non-hydrogen) atoms. The Bertz CT molecular complexity index is 1460. The van der Waals surface area contributed by atoms with Crippen LogP contribution in [0.2, 0.25) is 0 Å². The third-order valence-corrected chi connectivity index (χ3v) is 6.53. The molecule has 0 radical (unpaired) electrons. The molecule has 206 valence electrons. The van der Waals surface area contributed by atoms with Gasteiger partial charge in [-0.2, -0.15) is 0 Å². The van der Waals surface area contributed by atoms with Gasteiger partial charge in [0.25, 0.3) is 0 Å². The topological polar surface area (TPSA) is 118 Å². The maximum atomic E-state index is 11.7. The second kappa shape index (κ2) is 10.9. The van der Waals surface area contributed by atoms with E-state index in [1.165, 1.54) is 0 Å². The fourth-order valence-electron chi connectivity index (χ4n) is 4.46. The number of aromatic nitrogens is 3. The van der Waals surface area contributed by atoms with Crippen LogP contribution in [0, 0.1) is 6.92 Å². The number of hydrogen-bond donors (Lipinski definition) is 3. The number of para-hydroxylation sites is 1. The van der Waals surface area contributed by atoms with E-state index in [0.29, 0.717) is 11.6 Å². The number of nitrogens with two attached hydrogens (primary N) is 2. The molecule has 4 aromatic rings. The van der Waals surface area contributed by atoms with Gasteiger partial charge in [0.1, 0.15) is 6.54 Å². The smallest absolute Gasteiger partial charge is 0.237 e. The Kier molecular flexibility index (Phi) is 5.60. The van der Waals surface area contributed by atoms with Gasteiger partial charge in [0.15, 0.2) is 0 Å². The Morgan fingerprint density at radius 3 is 2.65 bits per heavy atom. The molecule has 9 heteroatoms. The van der Waals surface area contributed by atoms with Crippen molar-refractivity contribution in [1.29, 1.82) is 0 Å². The maximum Gasteiger partial charge on any atom is 0.237 e. The van der Waals surface area contributed by atoms with E-state index in [0.717, 1.165) is 64.2 Å². The average Bonchev–Trinajstić information content (AvgIpc) is 3.51. The molecule has 1 amide bonds. The highest BCUT2D eigenvalue weighted by atomic mass is 16.1. The zero-order valence-corrected chi connectivity index (χ0v) is 22.2. The Labute approximate surface area is 236 Å². The molecule has 5 N–H and O–H groups in total. The number of nitrogens with one attached hydrogen (secondary N) is 1. The van der Waals surface area contributed by atoms with E-state index in [2.05, 4.69) is 54.2 Å². The summed E-state index contributed by atoms with van der Waals surface area (Å²) in [5.41, 5.74) is 19.2. The molecule has 9 nitrogen and oxygen atoms in total. The third kappa shape index (κ3) is 5.67. The van der Waals surface area contributed by atoms with Crippen molar-refractivity contribution < 1.29 is 22.6 Å². The first-order chi connectivity index (χ1) is 23.7. The summed E-state index contributed by atoms with van der Waals surface area (Å²) in [5.74, 6) is 0.0899. The minimum atomic E-state index is -0.392. The van der Waals surface area contributed by atoms with Crippen molar-refractivity contribution in [2.75, 3.05) is 50.2 Å². The maximum absolute atomic E-state index is 11.7. The van der Waals surface area contributed by atoms with E-state index in [9.17, 15) is 4.79 Å². The lowest BCUT2D eigenvalue weighted by Crippen LogP contribution is -2.29. The minimum Gasteiger partial charge on any atom is -0.397 e. The van der Waals surface area contributed by atoms with Crippen LogP contribution < -0.4 is 21.7 Å². The van der Waals surface area contributed by atoms with Crippen molar-refractivity contribution in [2.24, 2.45) is 5.73 Å². The summed E-state index contributed by atoms with van der Waals surface area (Å²) in [5, 5.41) is 4.38. The van der Waals surface area contributed by atoms with Crippen molar-refractivity contribution >= 4 is 39.8 Å². The number of anilines is 4. The van der Waals surface area contributed by atoms with E-state index in [-0.39, 0.29) is 6.54 Å². The van der Waals surface area contributed by atoms with Gasteiger partial charge in [0.05, 0.1) is 17.1 Å². The summed E-state index contributed by atoms with van der Waals surface area (Å²) in [6.07, 6.45) is 4.57. The third-order valence-electron chi connectivity index (χ3n) is 6.53. The number of aryl methyl sites for hydroxylation is 2. The lowest BCUT2D eigenvalue weighted by molar-refractivity contribution is -0.118. The Hall–Kier alpha value is -4.11. The number of carbonyl (C=O) groups excluding carboxylic acids is 1. The number of likely N-dealkylation sites (N-methyl/N-ethyl adjacent to an activating group) is 2. The lowest BCUT2D eigenvalue weighted by Gasteiger charge is -2.24. The van der Waals surface area contributed by atoms with Crippen LogP contribution >= 0.6 is 0 Å². The number of carbonyl (C=O) groups is 1. The molecule has 0 aliphatic rings. The summed E-state index contributed by atoms with van der Waals surface area (Å²) in [6, 6.07) is 12.0. The summed E-state index contributed by atoms with van der Waals surface area (Å²) in [7, 11) is 6.17. The van der Waals surface area contributed by atoms with Gasteiger partial charge in [-0.05, 0) is 56.8 Å². The van der Waals surface area contributed by atoms with Gasteiger partial charge in [0.2, 0.25) is 11.9 Å². The molecule has 0 aliphatic carbocycles. The van der Waals surface area contributed by atoms with E-state index < -0.39 is 5.91 Å². The van der Waals surface area contributed by atoms with Crippen LogP contribution in [0.15, 0.2) is 48.8 Å². The zero-order valence-electron chi connectivity index (χ0n) is 34.2. The van der Waals surface area contributed by atoms with Crippen molar-refractivity contribution in [1.82, 2.24) is 19.4 Å². The highest BCUT2D eigenvalue weighted by Crippen LogP contribution is 2.34. The van der Waals surface area contributed by atoms with Crippen LogP contribution in [0.5, 0.6) is 0 Å². The molecule has 0 saturated carbocycles. The summed E-state index contributed by atoms with van der Waals surface area (Å²) in [4.78, 5) is 25.5. The fraction of sp³-hybridized carbons (Fsp3) is 0.321. The standard InChI is InChI=1S/C28H36N8O.6H2/c1-6-19-15-31-28(32-23-14-22(29)25(13-18(23)2)35(5)12-11-34(3)4)33-27(19)21-16-36(17-26(30)37)24-10-8-7-9-20(21)24;;;;;;/h7-10,13-16H,6,11-12,17,29H2,1-5H3,(H2,30,37)(H,31,32,33);6*1H/i;6*1+2T. The predicted molar refractivity (Wildman–Crippen MR) is 165 cm³/mol. The number of primary amides is 1. The number of fused-ring (bicyclic) bond motifs is 1. The number of benzene rings is 2. The van der Waals surface area contributed by atoms with Gasteiger partial charge in [-0.15, -0.1) is 0 Å². The van der Waals surface area contributed by atoms with E-state index in [4.69, 9.17) is 34.3 Å². The van der Waals surface area contributed by atoms with Crippen molar-refractivity contribution in [3.8, 4) is 11.3 Å². The number of rotatable bonds is 10. The fourth-order valence-corrected chi connectivity index (χ4v) is 4.46. The molecule has 0 saturated heterocycles. The molecule has 0 aliphatic heterocycles. The van der Waals surface area contributed by atoms with Gasteiger partial charge in [-0.1, -0.05) is 25.1 Å². The second-order valence-electron chi connectivity index (χ2n) is 9.65. The SMILES string of the molecule is CCc1cnc(Nc2cc(N)c(N(C)CCN(C)C)cc2C)nc1-c1cn(CC(N)=O)c2ccccc12.[3H][3H].[3H][3H].[3H][3H].[3H][3H].[3H][3H].[3H][3H]. The number of hydrogen-bond acceptors (Lipinski definition) is 7. The first-order valence-corrected chi connectivity index (χ1v) is 12.4. The number of nitrogens with zero attached hydrogens (tertiary/aromatic N) is 5. The molecular formula is C28H48N8O. The Morgan fingerprint density at radius 2 is 1.95 bits per heavy atom. The van der Waals surface area contributed by atoms with E-state index in [1.54, 1.807) is 0 Å². The molecule has 2 aromatic carbocycles. The molecule has 4 rings (SSSR count). The first kappa shape index (κ1) is 19.1. The normalized spacial score (nSPS) is 12.6. The monoisotopic (exact) mass is 536 g/mol. The lowest BCUT2D eigenvalue weighted by atomic mass is 10.0. The van der Waals surface area contributed by atoms with Gasteiger partial charge in [0, 0.05) is 72.5 Å². The van der Waals surface area contributed by atoms with Crippen LogP contribution in [-0.4, -0.2) is 59.6 Å². The summed E-state index contributed by atoms with van der Waals surface area (Å²) < 4.78 is 61.9. The summed E-state index contributed by atoms with van der Waals surface area (Å²) >= 11 is 0. The quantitative estimate of drug-likeness (QED) is 0.237. The van der Waals surface area contributed by atoms with Crippen LogP contribution in [0.3, 0.4) is 0 Å². The van der Waals surface area contributed by atoms with Crippen molar-refractivity contribution in [2.45, 2.75) is 26.8 Å². The molecule has 0 spiro atoms. The van der Waals surface area contributed by atoms with Gasteiger partial charge < -0.3 is 31.2 Å². The van der Waals surface area contributed by atoms with Gasteiger partial charge >= 0.3 is 0 Å². The molecule has 0 atom stereocenters. The first-order valence-electron chi connectivity index (χ1n) is 18.4. The van der Waals surface area contributed by atoms with Crippen LogP contribution in [-0.2, 0) is 17.8 Å². The largest absolute Gasteiger partial charge is 0.397 e. The molecular weight excluding hydrogens is 464 g/mol. The zero-order chi connectivity index (χ0) is 38.7. The highest BCUT2D eigenvalue weighted by Gasteiger charge is 2.17.